The first-order valence-corrected chi connectivity index (χ1v) is 6.23. The first kappa shape index (κ1) is 15.9. The second-order valence-electron chi connectivity index (χ2n) is 4.56. The van der Waals surface area contributed by atoms with Crippen LogP contribution >= 0.6 is 0 Å². The number of benzene rings is 1. The summed E-state index contributed by atoms with van der Waals surface area (Å²) in [4.78, 5) is 24.3. The number of nitrogens with zero attached hydrogens (tertiary/aromatic N) is 1. The average molecular weight is 283 g/mol. The molecule has 0 aromatic heterocycles. The molecule has 6 heteroatoms. The van der Waals surface area contributed by atoms with E-state index in [4.69, 9.17) is 9.84 Å². The summed E-state index contributed by atoms with van der Waals surface area (Å²) < 4.78 is 18.9. The second kappa shape index (κ2) is 6.88. The van der Waals surface area contributed by atoms with Gasteiger partial charge in [0.1, 0.15) is 0 Å². The minimum absolute atomic E-state index is 0.0159. The number of hydrogen-bond donors (Lipinski definition) is 1. The number of hydrogen-bond acceptors (Lipinski definition) is 3. The number of carbonyl (C=O) groups excluding carboxylic acids is 1. The summed E-state index contributed by atoms with van der Waals surface area (Å²) in [5.74, 6) is -2.30. The van der Waals surface area contributed by atoms with Crippen LogP contribution in [-0.2, 0) is 4.79 Å². The maximum absolute atomic E-state index is 14.1. The van der Waals surface area contributed by atoms with Gasteiger partial charge in [0.05, 0.1) is 19.1 Å². The Kier molecular flexibility index (Phi) is 5.49. The highest BCUT2D eigenvalue weighted by molar-refractivity contribution is 5.95. The molecule has 0 atom stereocenters. The van der Waals surface area contributed by atoms with E-state index in [1.807, 2.05) is 0 Å². The van der Waals surface area contributed by atoms with Gasteiger partial charge in [-0.25, -0.2) is 4.39 Å². The Hall–Kier alpha value is -2.11. The fourth-order valence-corrected chi connectivity index (χ4v) is 1.80. The van der Waals surface area contributed by atoms with Crippen molar-refractivity contribution in [3.8, 4) is 5.75 Å². The third-order valence-electron chi connectivity index (χ3n) is 2.86. The maximum atomic E-state index is 14.1. The average Bonchev–Trinajstić information content (AvgIpc) is 2.38. The molecule has 0 saturated carbocycles. The quantitative estimate of drug-likeness (QED) is 0.868. The van der Waals surface area contributed by atoms with Crippen molar-refractivity contribution in [2.75, 3.05) is 13.7 Å². The van der Waals surface area contributed by atoms with E-state index in [1.54, 1.807) is 13.8 Å². The van der Waals surface area contributed by atoms with E-state index in [1.165, 1.54) is 30.2 Å². The van der Waals surface area contributed by atoms with Crippen molar-refractivity contribution in [1.82, 2.24) is 4.90 Å². The Morgan fingerprint density at radius 1 is 1.40 bits per heavy atom. The van der Waals surface area contributed by atoms with Crippen LogP contribution in [0.15, 0.2) is 18.2 Å². The number of aliphatic carboxylic acids is 1. The van der Waals surface area contributed by atoms with E-state index in [0.29, 0.717) is 0 Å². The Morgan fingerprint density at radius 2 is 2.05 bits per heavy atom. The van der Waals surface area contributed by atoms with Gasteiger partial charge in [-0.3, -0.25) is 9.59 Å². The number of carboxylic acid groups (broad SMARTS) is 1. The topological polar surface area (TPSA) is 66.8 Å². The van der Waals surface area contributed by atoms with E-state index in [2.05, 4.69) is 0 Å². The van der Waals surface area contributed by atoms with Gasteiger partial charge in [-0.05, 0) is 26.0 Å². The van der Waals surface area contributed by atoms with Gasteiger partial charge in [-0.1, -0.05) is 6.07 Å². The molecule has 0 unspecified atom stereocenters. The molecule has 5 nitrogen and oxygen atoms in total. The molecule has 1 N–H and O–H groups in total. The van der Waals surface area contributed by atoms with Gasteiger partial charge >= 0.3 is 5.97 Å². The molecule has 0 fully saturated rings. The fourth-order valence-electron chi connectivity index (χ4n) is 1.80. The van der Waals surface area contributed by atoms with Crippen LogP contribution in [0.1, 0.15) is 30.6 Å². The van der Waals surface area contributed by atoms with Gasteiger partial charge in [-0.2, -0.15) is 0 Å². The summed E-state index contributed by atoms with van der Waals surface area (Å²) in [5, 5.41) is 8.70. The lowest BCUT2D eigenvalue weighted by Crippen LogP contribution is -2.39. The van der Waals surface area contributed by atoms with E-state index in [9.17, 15) is 14.0 Å². The Bertz CT molecular complexity index is 502. The molecule has 0 spiro atoms. The van der Waals surface area contributed by atoms with E-state index < -0.39 is 17.7 Å². The third kappa shape index (κ3) is 3.69. The van der Waals surface area contributed by atoms with Crippen LogP contribution < -0.4 is 4.74 Å². The van der Waals surface area contributed by atoms with Crippen molar-refractivity contribution < 1.29 is 23.8 Å². The molecule has 20 heavy (non-hydrogen) atoms. The van der Waals surface area contributed by atoms with Crippen molar-refractivity contribution in [1.29, 1.82) is 0 Å². The van der Waals surface area contributed by atoms with Crippen LogP contribution in [0, 0.1) is 5.82 Å². The molecular formula is C14H18FNO4. The molecule has 1 aromatic carbocycles. The van der Waals surface area contributed by atoms with Crippen LogP contribution in [0.4, 0.5) is 4.39 Å². The molecule has 0 radical (unpaired) electrons. The highest BCUT2D eigenvalue weighted by atomic mass is 19.1. The van der Waals surface area contributed by atoms with Gasteiger partial charge in [0, 0.05) is 12.6 Å². The predicted molar refractivity (Wildman–Crippen MR) is 71.4 cm³/mol. The minimum atomic E-state index is -1.01. The van der Waals surface area contributed by atoms with Crippen molar-refractivity contribution in [3.05, 3.63) is 29.6 Å². The van der Waals surface area contributed by atoms with Gasteiger partial charge in [0.2, 0.25) is 0 Å². The zero-order chi connectivity index (χ0) is 15.3. The Labute approximate surface area is 117 Å². The monoisotopic (exact) mass is 283 g/mol. The molecule has 0 aliphatic rings. The Morgan fingerprint density at radius 3 is 2.55 bits per heavy atom. The summed E-state index contributed by atoms with van der Waals surface area (Å²) >= 11 is 0. The summed E-state index contributed by atoms with van der Waals surface area (Å²) in [6.07, 6.45) is -0.185. The first-order chi connectivity index (χ1) is 9.38. The molecular weight excluding hydrogens is 265 g/mol. The smallest absolute Gasteiger partial charge is 0.305 e. The van der Waals surface area contributed by atoms with Gasteiger partial charge in [-0.15, -0.1) is 0 Å². The van der Waals surface area contributed by atoms with Crippen LogP contribution in [0.3, 0.4) is 0 Å². The summed E-state index contributed by atoms with van der Waals surface area (Å²) in [6, 6.07) is 4.07. The number of rotatable bonds is 6. The normalized spacial score (nSPS) is 10.4. The predicted octanol–water partition coefficient (Wildman–Crippen LogP) is 2.16. The molecule has 1 amide bonds. The molecule has 110 valence electrons. The number of carbonyl (C=O) groups is 2. The van der Waals surface area contributed by atoms with Crippen LogP contribution in [0.25, 0.3) is 0 Å². The number of ether oxygens (including phenoxy) is 1. The molecule has 0 saturated heterocycles. The second-order valence-corrected chi connectivity index (χ2v) is 4.56. The summed E-state index contributed by atoms with van der Waals surface area (Å²) in [5.41, 5.74) is -0.122. The van der Waals surface area contributed by atoms with E-state index in [0.717, 1.165) is 0 Å². The van der Waals surface area contributed by atoms with Crippen molar-refractivity contribution in [3.63, 3.8) is 0 Å². The molecule has 1 aromatic rings. The molecule has 0 aliphatic heterocycles. The molecule has 0 bridgehead atoms. The lowest BCUT2D eigenvalue weighted by Gasteiger charge is -2.26. The molecule has 0 aliphatic carbocycles. The zero-order valence-corrected chi connectivity index (χ0v) is 11.7. The van der Waals surface area contributed by atoms with E-state index in [-0.39, 0.29) is 30.3 Å². The standard InChI is InChI=1S/C14H18FNO4/c1-9(2)16(8-7-12(17)18)14(19)10-5-4-6-11(20-3)13(10)15/h4-6,9H,7-8H2,1-3H3,(H,17,18). The lowest BCUT2D eigenvalue weighted by atomic mass is 10.1. The minimum Gasteiger partial charge on any atom is -0.494 e. The van der Waals surface area contributed by atoms with Crippen LogP contribution in [0.2, 0.25) is 0 Å². The maximum Gasteiger partial charge on any atom is 0.305 e. The molecule has 0 heterocycles. The van der Waals surface area contributed by atoms with Crippen molar-refractivity contribution in [2.24, 2.45) is 0 Å². The summed E-state index contributed by atoms with van der Waals surface area (Å²) in [6.45, 7) is 3.53. The zero-order valence-electron chi connectivity index (χ0n) is 11.7. The van der Waals surface area contributed by atoms with Crippen molar-refractivity contribution in [2.45, 2.75) is 26.3 Å². The number of carboxylic acids is 1. The SMILES string of the molecule is COc1cccc(C(=O)N(CCC(=O)O)C(C)C)c1F. The number of halogens is 1. The highest BCUT2D eigenvalue weighted by Gasteiger charge is 2.23. The lowest BCUT2D eigenvalue weighted by molar-refractivity contribution is -0.137. The van der Waals surface area contributed by atoms with Gasteiger partial charge in [0.25, 0.3) is 5.91 Å². The van der Waals surface area contributed by atoms with Gasteiger partial charge < -0.3 is 14.7 Å². The first-order valence-electron chi connectivity index (χ1n) is 6.23. The highest BCUT2D eigenvalue weighted by Crippen LogP contribution is 2.22. The van der Waals surface area contributed by atoms with Crippen molar-refractivity contribution >= 4 is 11.9 Å². The van der Waals surface area contributed by atoms with Crippen LogP contribution in [-0.4, -0.2) is 41.6 Å². The number of methoxy groups -OCH3 is 1. The summed E-state index contributed by atoms with van der Waals surface area (Å²) in [7, 11) is 1.32. The van der Waals surface area contributed by atoms with Crippen LogP contribution in [0.5, 0.6) is 5.75 Å². The fraction of sp³-hybridized carbons (Fsp3) is 0.429. The van der Waals surface area contributed by atoms with E-state index >= 15 is 0 Å². The third-order valence-corrected chi connectivity index (χ3v) is 2.86. The largest absolute Gasteiger partial charge is 0.494 e. The Balaban J connectivity index is 3.03. The van der Waals surface area contributed by atoms with Gasteiger partial charge in [0.15, 0.2) is 11.6 Å². The molecule has 1 rings (SSSR count). The number of amides is 1.